The summed E-state index contributed by atoms with van der Waals surface area (Å²) in [7, 11) is 2.19. The summed E-state index contributed by atoms with van der Waals surface area (Å²) in [5.74, 6) is 2.93. The van der Waals surface area contributed by atoms with Crippen molar-refractivity contribution < 1.29 is 4.42 Å². The van der Waals surface area contributed by atoms with Crippen molar-refractivity contribution in [1.82, 2.24) is 25.4 Å². The molecule has 1 unspecified atom stereocenters. The summed E-state index contributed by atoms with van der Waals surface area (Å²) in [6.45, 7) is 18.7. The molecule has 2 rings (SSSR count). The number of likely N-dealkylation sites (N-methyl/N-ethyl adjacent to an activating group) is 1. The van der Waals surface area contributed by atoms with Crippen LogP contribution in [0.4, 0.5) is 0 Å². The largest absolute Gasteiger partial charge is 0.443 e. The van der Waals surface area contributed by atoms with E-state index in [2.05, 4.69) is 72.1 Å². The number of hydrogen-bond donors (Lipinski definition) is 2. The number of guanidine groups is 1. The molecule has 1 fully saturated rings. The molecule has 0 spiro atoms. The first-order chi connectivity index (χ1) is 12.8. The second-order valence-electron chi connectivity index (χ2n) is 8.65. The first kappa shape index (κ1) is 21.7. The molecule has 7 nitrogen and oxygen atoms in total. The highest BCUT2D eigenvalue weighted by Gasteiger charge is 2.19. The Hall–Kier alpha value is -1.60. The van der Waals surface area contributed by atoms with Gasteiger partial charge in [0.2, 0.25) is 5.89 Å². The van der Waals surface area contributed by atoms with Gasteiger partial charge in [-0.3, -0.25) is 0 Å². The van der Waals surface area contributed by atoms with Crippen LogP contribution in [-0.4, -0.2) is 73.6 Å². The Morgan fingerprint density at radius 2 is 1.96 bits per heavy atom. The highest BCUT2D eigenvalue weighted by molar-refractivity contribution is 5.79. The van der Waals surface area contributed by atoms with Crippen molar-refractivity contribution in [2.75, 3.05) is 52.9 Å². The van der Waals surface area contributed by atoms with E-state index in [4.69, 9.17) is 4.42 Å². The lowest BCUT2D eigenvalue weighted by Gasteiger charge is -2.34. The number of rotatable bonds is 7. The minimum absolute atomic E-state index is 0.0313. The van der Waals surface area contributed by atoms with Crippen LogP contribution in [0.25, 0.3) is 0 Å². The van der Waals surface area contributed by atoms with Crippen LogP contribution in [0.15, 0.2) is 15.6 Å². The number of hydrogen-bond acceptors (Lipinski definition) is 5. The molecule has 1 aromatic heterocycles. The zero-order chi connectivity index (χ0) is 19.9. The average molecular weight is 379 g/mol. The topological polar surface area (TPSA) is 68.9 Å². The van der Waals surface area contributed by atoms with Gasteiger partial charge in [-0.2, -0.15) is 0 Å². The number of piperazine rings is 1. The van der Waals surface area contributed by atoms with Crippen LogP contribution >= 0.6 is 0 Å². The molecule has 154 valence electrons. The molecule has 1 saturated heterocycles. The fourth-order valence-corrected chi connectivity index (χ4v) is 3.03. The van der Waals surface area contributed by atoms with Crippen molar-refractivity contribution in [3.8, 4) is 0 Å². The van der Waals surface area contributed by atoms with Crippen LogP contribution in [0.3, 0.4) is 0 Å². The van der Waals surface area contributed by atoms with Gasteiger partial charge in [0.15, 0.2) is 5.96 Å². The van der Waals surface area contributed by atoms with E-state index in [9.17, 15) is 0 Å². The average Bonchev–Trinajstić information content (AvgIpc) is 3.09. The van der Waals surface area contributed by atoms with Gasteiger partial charge in [0.25, 0.3) is 0 Å². The van der Waals surface area contributed by atoms with Crippen molar-refractivity contribution >= 4 is 5.96 Å². The highest BCUT2D eigenvalue weighted by atomic mass is 16.4. The standard InChI is InChI=1S/C20H38N6O/c1-7-21-19(24-14-18-22-13-17(27-18)20(3,4)5)23-12-16(2)15-26-10-8-25(6)9-11-26/h13,16H,7-12,14-15H2,1-6H3,(H2,21,23,24). The van der Waals surface area contributed by atoms with E-state index >= 15 is 0 Å². The smallest absolute Gasteiger partial charge is 0.216 e. The van der Waals surface area contributed by atoms with Crippen molar-refractivity contribution in [3.63, 3.8) is 0 Å². The molecule has 1 atom stereocenters. The van der Waals surface area contributed by atoms with Gasteiger partial charge < -0.3 is 24.9 Å². The first-order valence-electron chi connectivity index (χ1n) is 10.2. The lowest BCUT2D eigenvalue weighted by atomic mass is 9.94. The Bertz CT molecular complexity index is 584. The van der Waals surface area contributed by atoms with E-state index in [1.54, 1.807) is 0 Å². The van der Waals surface area contributed by atoms with E-state index in [0.717, 1.165) is 57.5 Å². The second kappa shape index (κ2) is 10.1. The fraction of sp³-hybridized carbons (Fsp3) is 0.800. The SMILES string of the molecule is CCNC(=NCc1ncc(C(C)(C)C)o1)NCC(C)CN1CCN(C)CC1. The van der Waals surface area contributed by atoms with E-state index < -0.39 is 0 Å². The molecule has 0 aliphatic carbocycles. The fourth-order valence-electron chi connectivity index (χ4n) is 3.03. The summed E-state index contributed by atoms with van der Waals surface area (Å²) >= 11 is 0. The zero-order valence-electron chi connectivity index (χ0n) is 18.0. The minimum atomic E-state index is -0.0313. The van der Waals surface area contributed by atoms with Crippen molar-refractivity contribution in [2.45, 2.75) is 46.6 Å². The molecule has 0 bridgehead atoms. The van der Waals surface area contributed by atoms with Crippen LogP contribution in [0.1, 0.15) is 46.3 Å². The third-order valence-electron chi connectivity index (χ3n) is 4.79. The first-order valence-corrected chi connectivity index (χ1v) is 10.2. The van der Waals surface area contributed by atoms with Crippen molar-refractivity contribution in [1.29, 1.82) is 0 Å². The lowest BCUT2D eigenvalue weighted by Crippen LogP contribution is -2.47. The van der Waals surface area contributed by atoms with Gasteiger partial charge >= 0.3 is 0 Å². The molecular formula is C20H38N6O. The molecule has 0 amide bonds. The van der Waals surface area contributed by atoms with Crippen LogP contribution in [0, 0.1) is 5.92 Å². The number of oxazole rings is 1. The normalized spacial score (nSPS) is 18.5. The summed E-state index contributed by atoms with van der Waals surface area (Å²) in [5, 5.41) is 6.76. The maximum Gasteiger partial charge on any atom is 0.216 e. The molecule has 1 aliphatic rings. The predicted octanol–water partition coefficient (Wildman–Crippen LogP) is 1.91. The quantitative estimate of drug-likeness (QED) is 0.558. The molecule has 1 aliphatic heterocycles. The number of nitrogens with one attached hydrogen (secondary N) is 2. The maximum atomic E-state index is 5.83. The van der Waals surface area contributed by atoms with Gasteiger partial charge in [0.05, 0.1) is 6.20 Å². The zero-order valence-corrected chi connectivity index (χ0v) is 18.0. The maximum absolute atomic E-state index is 5.83. The molecular weight excluding hydrogens is 340 g/mol. The molecule has 2 heterocycles. The van der Waals surface area contributed by atoms with Crippen molar-refractivity contribution in [3.05, 3.63) is 17.8 Å². The van der Waals surface area contributed by atoms with Crippen LogP contribution in [0.5, 0.6) is 0 Å². The Kier molecular flexibility index (Phi) is 8.10. The Balaban J connectivity index is 1.81. The lowest BCUT2D eigenvalue weighted by molar-refractivity contribution is 0.139. The van der Waals surface area contributed by atoms with E-state index in [1.807, 2.05) is 6.20 Å². The Morgan fingerprint density at radius 3 is 2.56 bits per heavy atom. The minimum Gasteiger partial charge on any atom is -0.443 e. The van der Waals surface area contributed by atoms with E-state index in [0.29, 0.717) is 18.4 Å². The summed E-state index contributed by atoms with van der Waals surface area (Å²) in [6.07, 6.45) is 1.81. The molecule has 1 aromatic rings. The molecule has 0 saturated carbocycles. The third kappa shape index (κ3) is 7.50. The molecule has 2 N–H and O–H groups in total. The Morgan fingerprint density at radius 1 is 1.26 bits per heavy atom. The van der Waals surface area contributed by atoms with Gasteiger partial charge in [-0.25, -0.2) is 9.98 Å². The molecule has 27 heavy (non-hydrogen) atoms. The van der Waals surface area contributed by atoms with Crippen LogP contribution < -0.4 is 10.6 Å². The monoisotopic (exact) mass is 378 g/mol. The third-order valence-corrected chi connectivity index (χ3v) is 4.79. The molecule has 0 aromatic carbocycles. The number of nitrogens with zero attached hydrogens (tertiary/aromatic N) is 4. The molecule has 7 heteroatoms. The Labute approximate surface area is 164 Å². The predicted molar refractivity (Wildman–Crippen MR) is 111 cm³/mol. The highest BCUT2D eigenvalue weighted by Crippen LogP contribution is 2.22. The number of aromatic nitrogens is 1. The van der Waals surface area contributed by atoms with Gasteiger partial charge in [-0.1, -0.05) is 27.7 Å². The number of aliphatic imine (C=N–C) groups is 1. The van der Waals surface area contributed by atoms with Crippen LogP contribution in [-0.2, 0) is 12.0 Å². The molecule has 0 radical (unpaired) electrons. The van der Waals surface area contributed by atoms with Gasteiger partial charge in [-0.05, 0) is 19.9 Å². The summed E-state index contributed by atoms with van der Waals surface area (Å²) < 4.78 is 5.83. The summed E-state index contributed by atoms with van der Waals surface area (Å²) in [6, 6.07) is 0. The van der Waals surface area contributed by atoms with Gasteiger partial charge in [-0.15, -0.1) is 0 Å². The van der Waals surface area contributed by atoms with E-state index in [-0.39, 0.29) is 5.41 Å². The van der Waals surface area contributed by atoms with Crippen molar-refractivity contribution in [2.24, 2.45) is 10.9 Å². The summed E-state index contributed by atoms with van der Waals surface area (Å²) in [5.41, 5.74) is -0.0313. The van der Waals surface area contributed by atoms with Gasteiger partial charge in [0.1, 0.15) is 12.3 Å². The van der Waals surface area contributed by atoms with Crippen LogP contribution in [0.2, 0.25) is 0 Å². The van der Waals surface area contributed by atoms with Gasteiger partial charge in [0, 0.05) is 51.2 Å². The van der Waals surface area contributed by atoms with E-state index in [1.165, 1.54) is 0 Å². The second-order valence-corrected chi connectivity index (χ2v) is 8.65. The summed E-state index contributed by atoms with van der Waals surface area (Å²) in [4.78, 5) is 13.9.